The van der Waals surface area contributed by atoms with Gasteiger partial charge in [0, 0.05) is 10.0 Å². The van der Waals surface area contributed by atoms with E-state index in [-0.39, 0.29) is 6.54 Å². The van der Waals surface area contributed by atoms with Gasteiger partial charge in [0.1, 0.15) is 6.54 Å². The lowest BCUT2D eigenvalue weighted by Crippen LogP contribution is -1.88. The second kappa shape index (κ2) is 4.58. The molecule has 1 rings (SSSR count). The molecular formula is C9H9Cl2NO. The maximum absolute atomic E-state index is 10.0. The lowest BCUT2D eigenvalue weighted by molar-refractivity contribution is 1.04. The Morgan fingerprint density at radius 3 is 2.23 bits per heavy atom. The number of halogens is 2. The van der Waals surface area contributed by atoms with E-state index in [2.05, 4.69) is 5.18 Å². The van der Waals surface area contributed by atoms with Crippen LogP contribution < -0.4 is 0 Å². The molecule has 0 fully saturated rings. The molecule has 0 amide bonds. The van der Waals surface area contributed by atoms with Gasteiger partial charge in [-0.25, -0.2) is 0 Å². The van der Waals surface area contributed by atoms with Crippen LogP contribution in [0.1, 0.15) is 18.1 Å². The Labute approximate surface area is 86.8 Å². The molecule has 0 spiro atoms. The zero-order valence-electron chi connectivity index (χ0n) is 7.18. The molecular weight excluding hydrogens is 209 g/mol. The number of nitroso groups, excluding NO2 is 1. The number of nitrogens with zero attached hydrogens (tertiary/aromatic N) is 1. The van der Waals surface area contributed by atoms with Crippen molar-refractivity contribution in [3.8, 4) is 0 Å². The minimum atomic E-state index is 0.115. The molecule has 13 heavy (non-hydrogen) atoms. The van der Waals surface area contributed by atoms with E-state index in [1.54, 1.807) is 12.1 Å². The van der Waals surface area contributed by atoms with E-state index in [0.29, 0.717) is 10.0 Å². The summed E-state index contributed by atoms with van der Waals surface area (Å²) in [5.74, 6) is 0. The predicted molar refractivity (Wildman–Crippen MR) is 55.3 cm³/mol. The van der Waals surface area contributed by atoms with Crippen molar-refractivity contribution in [3.05, 3.63) is 38.2 Å². The van der Waals surface area contributed by atoms with Crippen molar-refractivity contribution >= 4 is 23.2 Å². The molecule has 0 N–H and O–H groups in total. The van der Waals surface area contributed by atoms with Crippen LogP contribution >= 0.6 is 23.2 Å². The molecule has 0 bridgehead atoms. The Morgan fingerprint density at radius 1 is 1.31 bits per heavy atom. The third-order valence-corrected chi connectivity index (χ3v) is 2.48. The maximum Gasteiger partial charge on any atom is 0.106 e. The van der Waals surface area contributed by atoms with Crippen LogP contribution in [0.3, 0.4) is 0 Å². The summed E-state index contributed by atoms with van der Waals surface area (Å²) in [4.78, 5) is 10.0. The van der Waals surface area contributed by atoms with Crippen LogP contribution in [-0.4, -0.2) is 0 Å². The summed E-state index contributed by atoms with van der Waals surface area (Å²) in [6.07, 6.45) is 0.784. The Morgan fingerprint density at radius 2 is 1.85 bits per heavy atom. The van der Waals surface area contributed by atoms with Gasteiger partial charge in [0.05, 0.1) is 0 Å². The number of rotatable bonds is 3. The van der Waals surface area contributed by atoms with Crippen molar-refractivity contribution in [1.29, 1.82) is 0 Å². The summed E-state index contributed by atoms with van der Waals surface area (Å²) in [6, 6.07) is 3.46. The zero-order valence-corrected chi connectivity index (χ0v) is 8.69. The predicted octanol–water partition coefficient (Wildman–Crippen LogP) is 3.82. The van der Waals surface area contributed by atoms with Crippen molar-refractivity contribution in [1.82, 2.24) is 0 Å². The lowest BCUT2D eigenvalue weighted by atomic mass is 10.1. The monoisotopic (exact) mass is 217 g/mol. The van der Waals surface area contributed by atoms with E-state index >= 15 is 0 Å². The first kappa shape index (κ1) is 10.5. The molecule has 0 saturated heterocycles. The number of hydrogen-bond donors (Lipinski definition) is 0. The van der Waals surface area contributed by atoms with Gasteiger partial charge < -0.3 is 0 Å². The average molecular weight is 218 g/mol. The molecule has 0 aliphatic heterocycles. The van der Waals surface area contributed by atoms with Crippen molar-refractivity contribution in [2.24, 2.45) is 5.18 Å². The first-order chi connectivity index (χ1) is 6.19. The SMILES string of the molecule is CCc1c(Cl)cc(CN=O)cc1Cl. The van der Waals surface area contributed by atoms with Gasteiger partial charge in [-0.05, 0) is 29.7 Å². The minimum Gasteiger partial charge on any atom is -0.150 e. The highest BCUT2D eigenvalue weighted by Gasteiger charge is 2.06. The van der Waals surface area contributed by atoms with Crippen LogP contribution in [0.2, 0.25) is 10.0 Å². The fourth-order valence-electron chi connectivity index (χ4n) is 1.16. The fraction of sp³-hybridized carbons (Fsp3) is 0.333. The van der Waals surface area contributed by atoms with Crippen LogP contribution in [0.5, 0.6) is 0 Å². The Hall–Kier alpha value is -0.600. The molecule has 0 saturated carbocycles. The zero-order chi connectivity index (χ0) is 9.84. The van der Waals surface area contributed by atoms with E-state index in [0.717, 1.165) is 17.5 Å². The van der Waals surface area contributed by atoms with E-state index in [1.165, 1.54) is 0 Å². The van der Waals surface area contributed by atoms with Gasteiger partial charge in [-0.15, -0.1) is 0 Å². The van der Waals surface area contributed by atoms with Crippen LogP contribution in [0.4, 0.5) is 0 Å². The highest BCUT2D eigenvalue weighted by atomic mass is 35.5. The van der Waals surface area contributed by atoms with Crippen LogP contribution in [0, 0.1) is 4.91 Å². The second-order valence-corrected chi connectivity index (χ2v) is 3.49. The molecule has 0 atom stereocenters. The third kappa shape index (κ3) is 2.42. The third-order valence-electron chi connectivity index (χ3n) is 1.80. The van der Waals surface area contributed by atoms with E-state index in [4.69, 9.17) is 23.2 Å². The topological polar surface area (TPSA) is 29.4 Å². The summed E-state index contributed by atoms with van der Waals surface area (Å²) in [6.45, 7) is 2.09. The van der Waals surface area contributed by atoms with Gasteiger partial charge in [-0.3, -0.25) is 0 Å². The quantitative estimate of drug-likeness (QED) is 0.709. The van der Waals surface area contributed by atoms with Gasteiger partial charge in [0.2, 0.25) is 0 Å². The van der Waals surface area contributed by atoms with Crippen molar-refractivity contribution in [3.63, 3.8) is 0 Å². The molecule has 2 nitrogen and oxygen atoms in total. The molecule has 1 aromatic rings. The summed E-state index contributed by atoms with van der Waals surface area (Å²) < 4.78 is 0. The summed E-state index contributed by atoms with van der Waals surface area (Å²) in [5, 5.41) is 3.99. The number of benzene rings is 1. The van der Waals surface area contributed by atoms with Gasteiger partial charge in [0.25, 0.3) is 0 Å². The lowest BCUT2D eigenvalue weighted by Gasteiger charge is -2.05. The second-order valence-electron chi connectivity index (χ2n) is 2.68. The molecule has 0 aliphatic carbocycles. The van der Waals surface area contributed by atoms with Crippen LogP contribution in [0.15, 0.2) is 17.3 Å². The van der Waals surface area contributed by atoms with E-state index in [1.807, 2.05) is 6.92 Å². The van der Waals surface area contributed by atoms with Crippen molar-refractivity contribution < 1.29 is 0 Å². The normalized spacial score (nSPS) is 10.1. The Balaban J connectivity index is 3.12. The molecule has 0 aliphatic rings. The summed E-state index contributed by atoms with van der Waals surface area (Å²) in [7, 11) is 0. The first-order valence-corrected chi connectivity index (χ1v) is 4.70. The maximum atomic E-state index is 10.0. The fourth-order valence-corrected chi connectivity index (χ4v) is 1.96. The van der Waals surface area contributed by atoms with Gasteiger partial charge in [0.15, 0.2) is 0 Å². The van der Waals surface area contributed by atoms with Crippen LogP contribution in [-0.2, 0) is 13.0 Å². The Kier molecular flexibility index (Phi) is 3.70. The average Bonchev–Trinajstić information content (AvgIpc) is 2.04. The van der Waals surface area contributed by atoms with Crippen molar-refractivity contribution in [2.45, 2.75) is 19.9 Å². The minimum absolute atomic E-state index is 0.115. The largest absolute Gasteiger partial charge is 0.150 e. The molecule has 0 aromatic heterocycles. The highest BCUT2D eigenvalue weighted by Crippen LogP contribution is 2.27. The van der Waals surface area contributed by atoms with Gasteiger partial charge in [-0.2, -0.15) is 4.91 Å². The molecule has 0 unspecified atom stereocenters. The smallest absolute Gasteiger partial charge is 0.106 e. The molecule has 1 aromatic carbocycles. The molecule has 0 radical (unpaired) electrons. The summed E-state index contributed by atoms with van der Waals surface area (Å²) >= 11 is 11.9. The molecule has 4 heteroatoms. The van der Waals surface area contributed by atoms with E-state index in [9.17, 15) is 4.91 Å². The first-order valence-electron chi connectivity index (χ1n) is 3.95. The van der Waals surface area contributed by atoms with E-state index < -0.39 is 0 Å². The van der Waals surface area contributed by atoms with Crippen LogP contribution in [0.25, 0.3) is 0 Å². The Bertz CT molecular complexity index is 302. The van der Waals surface area contributed by atoms with Gasteiger partial charge >= 0.3 is 0 Å². The highest BCUT2D eigenvalue weighted by molar-refractivity contribution is 6.36. The van der Waals surface area contributed by atoms with Gasteiger partial charge in [-0.1, -0.05) is 35.3 Å². The number of hydrogen-bond acceptors (Lipinski definition) is 2. The standard InChI is InChI=1S/C9H9Cl2NO/c1-2-7-8(10)3-6(5-12-13)4-9(7)11/h3-4H,2,5H2,1H3. The molecule has 70 valence electrons. The van der Waals surface area contributed by atoms with Crippen molar-refractivity contribution in [2.75, 3.05) is 0 Å². The summed E-state index contributed by atoms with van der Waals surface area (Å²) in [5.41, 5.74) is 1.67. The molecule has 0 heterocycles.